The van der Waals surface area contributed by atoms with E-state index in [1.807, 2.05) is 0 Å². The van der Waals surface area contributed by atoms with E-state index in [0.29, 0.717) is 6.42 Å². The van der Waals surface area contributed by atoms with Gasteiger partial charge in [-0.3, -0.25) is 4.79 Å². The van der Waals surface area contributed by atoms with Crippen molar-refractivity contribution in [2.24, 2.45) is 0 Å². The number of hydrogen-bond donors (Lipinski definition) is 2. The molecule has 21 heavy (non-hydrogen) atoms. The van der Waals surface area contributed by atoms with Crippen LogP contribution in [0.4, 0.5) is 0 Å². The van der Waals surface area contributed by atoms with Crippen LogP contribution in [0.2, 0.25) is 0 Å². The van der Waals surface area contributed by atoms with Gasteiger partial charge in [0.05, 0.1) is 25.7 Å². The number of carbonyl (C=O) groups is 1. The van der Waals surface area contributed by atoms with Crippen LogP contribution in [0.1, 0.15) is 84.0 Å². The first-order valence-electron chi connectivity index (χ1n) is 8.53. The van der Waals surface area contributed by atoms with Crippen LogP contribution in [0.25, 0.3) is 0 Å². The summed E-state index contributed by atoms with van der Waals surface area (Å²) >= 11 is 0. The van der Waals surface area contributed by atoms with Crippen LogP contribution in [0.3, 0.4) is 0 Å². The summed E-state index contributed by atoms with van der Waals surface area (Å²) in [5.74, 6) is -0.433. The van der Waals surface area contributed by atoms with Crippen LogP contribution in [0.5, 0.6) is 0 Å². The molecule has 0 bridgehead atoms. The minimum atomic E-state index is -0.800. The molecule has 126 valence electrons. The second kappa shape index (κ2) is 14.3. The average molecular weight is 302 g/mol. The van der Waals surface area contributed by atoms with Gasteiger partial charge < -0.3 is 14.9 Å². The molecule has 2 atom stereocenters. The van der Waals surface area contributed by atoms with Gasteiger partial charge >= 0.3 is 5.97 Å². The number of methoxy groups -OCH3 is 1. The van der Waals surface area contributed by atoms with E-state index < -0.39 is 18.2 Å². The van der Waals surface area contributed by atoms with Gasteiger partial charge in [-0.15, -0.1) is 0 Å². The summed E-state index contributed by atoms with van der Waals surface area (Å²) in [4.78, 5) is 11.0. The lowest BCUT2D eigenvalue weighted by molar-refractivity contribution is -0.143. The van der Waals surface area contributed by atoms with Crippen molar-refractivity contribution in [3.8, 4) is 0 Å². The van der Waals surface area contributed by atoms with Crippen molar-refractivity contribution in [3.05, 3.63) is 0 Å². The Kier molecular flexibility index (Phi) is 13.9. The lowest BCUT2D eigenvalue weighted by Gasteiger charge is -2.14. The number of unbranched alkanes of at least 4 members (excludes halogenated alkanes) is 8. The number of aliphatic hydroxyl groups excluding tert-OH is 2. The van der Waals surface area contributed by atoms with E-state index in [-0.39, 0.29) is 12.8 Å². The standard InChI is InChI=1S/C17H34O4/c1-3-4-5-6-7-8-9-10-11-12-15(18)13-16(19)14-17(20)21-2/h15-16,18-19H,3-14H2,1-2H3/t15-,16+/m1/s1. The minimum Gasteiger partial charge on any atom is -0.469 e. The number of aliphatic hydroxyl groups is 2. The SMILES string of the molecule is CCCCCCCCCCC[C@@H](O)C[C@H](O)CC(=O)OC. The third-order valence-electron chi connectivity index (χ3n) is 3.82. The number of esters is 1. The summed E-state index contributed by atoms with van der Waals surface area (Å²) in [5, 5.41) is 19.4. The van der Waals surface area contributed by atoms with E-state index in [4.69, 9.17) is 0 Å². The molecule has 0 aliphatic rings. The first-order chi connectivity index (χ1) is 10.1. The molecule has 0 saturated carbocycles. The summed E-state index contributed by atoms with van der Waals surface area (Å²) in [5.41, 5.74) is 0. The monoisotopic (exact) mass is 302 g/mol. The van der Waals surface area contributed by atoms with Crippen LogP contribution in [0, 0.1) is 0 Å². The first kappa shape index (κ1) is 20.4. The summed E-state index contributed by atoms with van der Waals surface area (Å²) in [6.07, 6.45) is 10.9. The Balaban J connectivity index is 3.37. The molecule has 0 heterocycles. The summed E-state index contributed by atoms with van der Waals surface area (Å²) in [6, 6.07) is 0. The maximum Gasteiger partial charge on any atom is 0.308 e. The molecule has 0 aromatic heterocycles. The smallest absolute Gasteiger partial charge is 0.308 e. The largest absolute Gasteiger partial charge is 0.469 e. The molecule has 2 N–H and O–H groups in total. The van der Waals surface area contributed by atoms with Gasteiger partial charge in [0.1, 0.15) is 0 Å². The zero-order valence-electron chi connectivity index (χ0n) is 13.9. The van der Waals surface area contributed by atoms with Crippen LogP contribution in [-0.2, 0) is 9.53 Å². The molecule has 0 aliphatic carbocycles. The Labute approximate surface area is 129 Å². The third-order valence-corrected chi connectivity index (χ3v) is 3.82. The topological polar surface area (TPSA) is 66.8 Å². The third kappa shape index (κ3) is 14.1. The second-order valence-electron chi connectivity index (χ2n) is 5.94. The Morgan fingerprint density at radius 1 is 0.905 bits per heavy atom. The Morgan fingerprint density at radius 3 is 1.95 bits per heavy atom. The van der Waals surface area contributed by atoms with E-state index in [9.17, 15) is 15.0 Å². The lowest BCUT2D eigenvalue weighted by Crippen LogP contribution is -2.21. The predicted octanol–water partition coefficient (Wildman–Crippen LogP) is 3.58. The second-order valence-corrected chi connectivity index (χ2v) is 5.94. The lowest BCUT2D eigenvalue weighted by atomic mass is 10.0. The van der Waals surface area contributed by atoms with Crippen molar-refractivity contribution in [1.29, 1.82) is 0 Å². The Morgan fingerprint density at radius 2 is 1.43 bits per heavy atom. The molecule has 0 radical (unpaired) electrons. The van der Waals surface area contributed by atoms with Crippen LogP contribution >= 0.6 is 0 Å². The molecule has 0 spiro atoms. The Hall–Kier alpha value is -0.610. The molecule has 4 heteroatoms. The summed E-state index contributed by atoms with van der Waals surface area (Å²) in [7, 11) is 1.30. The normalized spacial score (nSPS) is 13.9. The molecule has 0 fully saturated rings. The van der Waals surface area contributed by atoms with Crippen molar-refractivity contribution in [2.75, 3.05) is 7.11 Å². The molecule has 0 saturated heterocycles. The molecule has 0 aliphatic heterocycles. The van der Waals surface area contributed by atoms with E-state index in [1.165, 1.54) is 52.1 Å². The van der Waals surface area contributed by atoms with E-state index in [1.54, 1.807) is 0 Å². The van der Waals surface area contributed by atoms with Crippen LogP contribution < -0.4 is 0 Å². The molecule has 0 aromatic carbocycles. The van der Waals surface area contributed by atoms with E-state index in [0.717, 1.165) is 12.8 Å². The highest BCUT2D eigenvalue weighted by atomic mass is 16.5. The summed E-state index contributed by atoms with van der Waals surface area (Å²) in [6.45, 7) is 2.23. The van der Waals surface area contributed by atoms with Crippen molar-refractivity contribution in [3.63, 3.8) is 0 Å². The minimum absolute atomic E-state index is 0.0364. The first-order valence-corrected chi connectivity index (χ1v) is 8.53. The summed E-state index contributed by atoms with van der Waals surface area (Å²) < 4.78 is 4.48. The molecule has 0 amide bonds. The maximum atomic E-state index is 11.0. The fraction of sp³-hybridized carbons (Fsp3) is 0.941. The molecule has 0 unspecified atom stereocenters. The zero-order valence-corrected chi connectivity index (χ0v) is 13.9. The van der Waals surface area contributed by atoms with Gasteiger partial charge in [-0.05, 0) is 12.8 Å². The molecule has 0 rings (SSSR count). The maximum absolute atomic E-state index is 11.0. The van der Waals surface area contributed by atoms with Crippen LogP contribution in [0.15, 0.2) is 0 Å². The van der Waals surface area contributed by atoms with E-state index in [2.05, 4.69) is 11.7 Å². The molecule has 4 nitrogen and oxygen atoms in total. The van der Waals surface area contributed by atoms with Crippen molar-refractivity contribution in [2.45, 2.75) is 96.2 Å². The fourth-order valence-electron chi connectivity index (χ4n) is 2.48. The number of hydrogen-bond acceptors (Lipinski definition) is 4. The fourth-order valence-corrected chi connectivity index (χ4v) is 2.48. The Bertz CT molecular complexity index is 243. The highest BCUT2D eigenvalue weighted by molar-refractivity contribution is 5.69. The van der Waals surface area contributed by atoms with E-state index >= 15 is 0 Å². The number of carbonyl (C=O) groups excluding carboxylic acids is 1. The van der Waals surface area contributed by atoms with Crippen LogP contribution in [-0.4, -0.2) is 35.5 Å². The van der Waals surface area contributed by atoms with Gasteiger partial charge in [0, 0.05) is 0 Å². The molecular weight excluding hydrogens is 268 g/mol. The van der Waals surface area contributed by atoms with Crippen molar-refractivity contribution in [1.82, 2.24) is 0 Å². The number of ether oxygens (including phenoxy) is 1. The molecule has 0 aromatic rings. The zero-order chi connectivity index (χ0) is 15.9. The highest BCUT2D eigenvalue weighted by Crippen LogP contribution is 2.13. The van der Waals surface area contributed by atoms with Gasteiger partial charge in [0.15, 0.2) is 0 Å². The average Bonchev–Trinajstić information content (AvgIpc) is 2.45. The van der Waals surface area contributed by atoms with Gasteiger partial charge in [0.25, 0.3) is 0 Å². The number of rotatable bonds is 14. The van der Waals surface area contributed by atoms with Gasteiger partial charge in [-0.25, -0.2) is 0 Å². The van der Waals surface area contributed by atoms with Crippen molar-refractivity contribution < 1.29 is 19.7 Å². The highest BCUT2D eigenvalue weighted by Gasteiger charge is 2.15. The van der Waals surface area contributed by atoms with Gasteiger partial charge in [-0.2, -0.15) is 0 Å². The quantitative estimate of drug-likeness (QED) is 0.380. The predicted molar refractivity (Wildman–Crippen MR) is 85.1 cm³/mol. The van der Waals surface area contributed by atoms with Crippen molar-refractivity contribution >= 4 is 5.97 Å². The molecular formula is C17H34O4. The van der Waals surface area contributed by atoms with Gasteiger partial charge in [0.2, 0.25) is 0 Å². The van der Waals surface area contributed by atoms with Gasteiger partial charge in [-0.1, -0.05) is 64.7 Å².